The number of fused-ring (bicyclic) bond motifs is 1. The van der Waals surface area contributed by atoms with E-state index in [2.05, 4.69) is 36.1 Å². The van der Waals surface area contributed by atoms with Crippen molar-refractivity contribution in [2.45, 2.75) is 50.6 Å². The first-order chi connectivity index (χ1) is 11.8. The van der Waals surface area contributed by atoms with Gasteiger partial charge in [0.1, 0.15) is 0 Å². The molecule has 1 aromatic carbocycles. The second kappa shape index (κ2) is 7.04. The molecule has 0 bridgehead atoms. The first kappa shape index (κ1) is 17.7. The Bertz CT molecular complexity index is 835. The van der Waals surface area contributed by atoms with Crippen molar-refractivity contribution in [3.63, 3.8) is 0 Å². The van der Waals surface area contributed by atoms with Gasteiger partial charge in [0, 0.05) is 11.3 Å². The summed E-state index contributed by atoms with van der Waals surface area (Å²) in [5, 5.41) is 3.40. The fourth-order valence-corrected chi connectivity index (χ4v) is 3.55. The van der Waals surface area contributed by atoms with Crippen molar-refractivity contribution < 1.29 is 4.79 Å². The van der Waals surface area contributed by atoms with Crippen LogP contribution in [0.3, 0.4) is 0 Å². The lowest BCUT2D eigenvalue weighted by atomic mass is 9.87. The lowest BCUT2D eigenvalue weighted by molar-refractivity contribution is -0.113. The molecule has 0 saturated carbocycles. The fraction of sp³-hybridized carbons (Fsp3) is 0.421. The zero-order chi connectivity index (χ0) is 18.0. The third-order valence-electron chi connectivity index (χ3n) is 4.29. The molecule has 2 aromatic rings. The van der Waals surface area contributed by atoms with Gasteiger partial charge in [0.2, 0.25) is 5.91 Å². The number of carbonyl (C=O) groups excluding carboxylic acids is 1. The summed E-state index contributed by atoms with van der Waals surface area (Å²) in [7, 11) is 0. The van der Waals surface area contributed by atoms with Crippen molar-refractivity contribution in [3.05, 3.63) is 51.4 Å². The zero-order valence-electron chi connectivity index (χ0n) is 14.8. The van der Waals surface area contributed by atoms with Crippen molar-refractivity contribution >= 4 is 23.4 Å². The van der Waals surface area contributed by atoms with Crippen LogP contribution in [0.4, 0.5) is 5.69 Å². The van der Waals surface area contributed by atoms with E-state index in [1.807, 2.05) is 24.3 Å². The standard InChI is InChI=1S/C19H23N3O2S/c1-19(2,3)12-7-9-13(10-8-12)20-16(23)11-25-18-21-15-6-4-5-14(15)17(24)22-18/h7-10H,4-6,11H2,1-3H3,(H,20,23)(H,21,22,24). The zero-order valence-corrected chi connectivity index (χ0v) is 15.6. The number of rotatable bonds is 4. The van der Waals surface area contributed by atoms with Crippen molar-refractivity contribution in [3.8, 4) is 0 Å². The first-order valence-corrected chi connectivity index (χ1v) is 9.47. The summed E-state index contributed by atoms with van der Waals surface area (Å²) < 4.78 is 0. The second-order valence-electron chi connectivity index (χ2n) is 7.31. The number of H-pyrrole nitrogens is 1. The number of nitrogens with zero attached hydrogens (tertiary/aromatic N) is 1. The molecule has 1 aromatic heterocycles. The normalized spacial score (nSPS) is 13.6. The van der Waals surface area contributed by atoms with E-state index in [9.17, 15) is 9.59 Å². The molecule has 0 saturated heterocycles. The van der Waals surface area contributed by atoms with Crippen molar-refractivity contribution in [2.24, 2.45) is 0 Å². The summed E-state index contributed by atoms with van der Waals surface area (Å²) >= 11 is 1.26. The highest BCUT2D eigenvalue weighted by atomic mass is 32.2. The van der Waals surface area contributed by atoms with Crippen LogP contribution in [0.5, 0.6) is 0 Å². The molecule has 1 aliphatic rings. The maximum atomic E-state index is 12.1. The van der Waals surface area contributed by atoms with Crippen LogP contribution in [0.15, 0.2) is 34.2 Å². The number of hydrogen-bond acceptors (Lipinski definition) is 4. The molecule has 0 fully saturated rings. The highest BCUT2D eigenvalue weighted by Gasteiger charge is 2.18. The number of aryl methyl sites for hydroxylation is 1. The van der Waals surface area contributed by atoms with Gasteiger partial charge in [0.05, 0.1) is 11.4 Å². The van der Waals surface area contributed by atoms with Gasteiger partial charge in [0.15, 0.2) is 5.16 Å². The van der Waals surface area contributed by atoms with Crippen LogP contribution >= 0.6 is 11.8 Å². The molecule has 5 nitrogen and oxygen atoms in total. The maximum absolute atomic E-state index is 12.1. The number of aromatic nitrogens is 2. The lowest BCUT2D eigenvalue weighted by Crippen LogP contribution is -2.17. The van der Waals surface area contributed by atoms with Crippen LogP contribution in [0.25, 0.3) is 0 Å². The second-order valence-corrected chi connectivity index (χ2v) is 8.28. The maximum Gasteiger partial charge on any atom is 0.254 e. The highest BCUT2D eigenvalue weighted by molar-refractivity contribution is 7.99. The summed E-state index contributed by atoms with van der Waals surface area (Å²) in [5.74, 6) is 0.0969. The van der Waals surface area contributed by atoms with Crippen LogP contribution in [-0.4, -0.2) is 21.6 Å². The Kier molecular flexibility index (Phi) is 4.99. The number of hydrogen-bond donors (Lipinski definition) is 2. The smallest absolute Gasteiger partial charge is 0.254 e. The van der Waals surface area contributed by atoms with Crippen molar-refractivity contribution in [2.75, 3.05) is 11.1 Å². The molecule has 3 rings (SSSR count). The summed E-state index contributed by atoms with van der Waals surface area (Å²) in [6.45, 7) is 6.46. The van der Waals surface area contributed by atoms with Gasteiger partial charge in [-0.25, -0.2) is 4.98 Å². The largest absolute Gasteiger partial charge is 0.325 e. The number of anilines is 1. The predicted molar refractivity (Wildman–Crippen MR) is 101 cm³/mol. The van der Waals surface area contributed by atoms with E-state index in [0.717, 1.165) is 36.2 Å². The molecule has 0 spiro atoms. The molecule has 132 valence electrons. The summed E-state index contributed by atoms with van der Waals surface area (Å²) in [4.78, 5) is 31.3. The minimum atomic E-state index is -0.114. The average molecular weight is 357 g/mol. The Balaban J connectivity index is 1.58. The van der Waals surface area contributed by atoms with Crippen LogP contribution < -0.4 is 10.9 Å². The minimum absolute atomic E-state index is 0.0665. The quantitative estimate of drug-likeness (QED) is 0.650. The molecule has 0 radical (unpaired) electrons. The molecule has 1 heterocycles. The molecule has 25 heavy (non-hydrogen) atoms. The fourth-order valence-electron chi connectivity index (χ4n) is 2.87. The van der Waals surface area contributed by atoms with E-state index in [1.165, 1.54) is 17.3 Å². The molecule has 2 N–H and O–H groups in total. The molecule has 0 unspecified atom stereocenters. The number of amides is 1. The summed E-state index contributed by atoms with van der Waals surface area (Å²) in [6, 6.07) is 7.89. The number of nitrogens with one attached hydrogen (secondary N) is 2. The Morgan fingerprint density at radius 2 is 1.96 bits per heavy atom. The Morgan fingerprint density at radius 1 is 1.24 bits per heavy atom. The predicted octanol–water partition coefficient (Wildman–Crippen LogP) is 3.29. The van der Waals surface area contributed by atoms with E-state index >= 15 is 0 Å². The van der Waals surface area contributed by atoms with E-state index in [4.69, 9.17) is 0 Å². The monoisotopic (exact) mass is 357 g/mol. The third-order valence-corrected chi connectivity index (χ3v) is 5.17. The molecule has 0 aliphatic heterocycles. The molecule has 6 heteroatoms. The molecule has 1 amide bonds. The van der Waals surface area contributed by atoms with Gasteiger partial charge in [-0.2, -0.15) is 0 Å². The van der Waals surface area contributed by atoms with E-state index in [0.29, 0.717) is 5.16 Å². The third kappa shape index (κ3) is 4.31. The van der Waals surface area contributed by atoms with Gasteiger partial charge in [-0.1, -0.05) is 44.7 Å². The summed E-state index contributed by atoms with van der Waals surface area (Å²) in [6.07, 6.45) is 2.62. The van der Waals surface area contributed by atoms with Gasteiger partial charge in [-0.05, 0) is 42.4 Å². The molecule has 1 aliphatic carbocycles. The molecule has 0 atom stereocenters. The van der Waals surface area contributed by atoms with Crippen molar-refractivity contribution in [1.29, 1.82) is 0 Å². The Morgan fingerprint density at radius 3 is 2.64 bits per heavy atom. The van der Waals surface area contributed by atoms with Gasteiger partial charge in [0.25, 0.3) is 5.56 Å². The number of aromatic amines is 1. The molecular formula is C19H23N3O2S. The Hall–Kier alpha value is -2.08. The SMILES string of the molecule is CC(C)(C)c1ccc(NC(=O)CSc2nc3c(c(=O)[nH]2)CCC3)cc1. The van der Waals surface area contributed by atoms with Gasteiger partial charge < -0.3 is 10.3 Å². The number of thioether (sulfide) groups is 1. The van der Waals surface area contributed by atoms with Crippen LogP contribution in [0.1, 0.15) is 44.0 Å². The Labute approximate surface area is 151 Å². The first-order valence-electron chi connectivity index (χ1n) is 8.48. The average Bonchev–Trinajstić information content (AvgIpc) is 3.02. The number of carbonyl (C=O) groups is 1. The highest BCUT2D eigenvalue weighted by Crippen LogP contribution is 2.24. The van der Waals surface area contributed by atoms with Gasteiger partial charge >= 0.3 is 0 Å². The summed E-state index contributed by atoms with van der Waals surface area (Å²) in [5.41, 5.74) is 3.69. The van der Waals surface area contributed by atoms with Crippen molar-refractivity contribution in [1.82, 2.24) is 9.97 Å². The lowest BCUT2D eigenvalue weighted by Gasteiger charge is -2.19. The topological polar surface area (TPSA) is 74.8 Å². The number of benzene rings is 1. The van der Waals surface area contributed by atoms with Crippen LogP contribution in [-0.2, 0) is 23.1 Å². The van der Waals surface area contributed by atoms with E-state index in [-0.39, 0.29) is 22.6 Å². The van der Waals surface area contributed by atoms with E-state index < -0.39 is 0 Å². The molecular weight excluding hydrogens is 334 g/mol. The van der Waals surface area contributed by atoms with E-state index in [1.54, 1.807) is 0 Å². The van der Waals surface area contributed by atoms with Gasteiger partial charge in [-0.3, -0.25) is 9.59 Å². The van der Waals surface area contributed by atoms with Crippen LogP contribution in [0, 0.1) is 0 Å². The van der Waals surface area contributed by atoms with Crippen LogP contribution in [0.2, 0.25) is 0 Å². The van der Waals surface area contributed by atoms with Gasteiger partial charge in [-0.15, -0.1) is 0 Å². The minimum Gasteiger partial charge on any atom is -0.325 e.